The van der Waals surface area contributed by atoms with Crippen LogP contribution in [0.1, 0.15) is 129 Å². The van der Waals surface area contributed by atoms with Gasteiger partial charge in [-0.3, -0.25) is 13.8 Å². The SMILES string of the molecule is CC/C=C\C/C=C\C/C=C\CCCCCC(=O)NC(COP(=O)(O)OCCN)C(O)/C=C/CC/C=C/CCCCCCCCC. The van der Waals surface area contributed by atoms with Crippen LogP contribution in [0.15, 0.2) is 60.8 Å². The fourth-order valence-corrected chi connectivity index (χ4v) is 5.21. The molecule has 0 aliphatic rings. The lowest BCUT2D eigenvalue weighted by Gasteiger charge is -2.23. The molecule has 3 atom stereocenters. The number of carbonyl (C=O) groups is 1. The van der Waals surface area contributed by atoms with Crippen molar-refractivity contribution in [3.63, 3.8) is 0 Å². The first kappa shape index (κ1) is 43.2. The van der Waals surface area contributed by atoms with Gasteiger partial charge in [-0.25, -0.2) is 4.57 Å². The highest BCUT2D eigenvalue weighted by Crippen LogP contribution is 2.43. The quantitative estimate of drug-likeness (QED) is 0.0334. The second kappa shape index (κ2) is 32.2. The second-order valence-electron chi connectivity index (χ2n) is 11.3. The van der Waals surface area contributed by atoms with Crippen molar-refractivity contribution >= 4 is 13.7 Å². The molecule has 0 rings (SSSR count). The molecule has 0 saturated heterocycles. The zero-order valence-corrected chi connectivity index (χ0v) is 29.2. The van der Waals surface area contributed by atoms with Crippen molar-refractivity contribution in [3.8, 4) is 0 Å². The van der Waals surface area contributed by atoms with Crippen LogP contribution in [0.3, 0.4) is 0 Å². The van der Waals surface area contributed by atoms with E-state index in [1.54, 1.807) is 6.08 Å². The van der Waals surface area contributed by atoms with Crippen LogP contribution in [0, 0.1) is 0 Å². The molecule has 260 valence electrons. The van der Waals surface area contributed by atoms with Gasteiger partial charge in [-0.2, -0.15) is 0 Å². The van der Waals surface area contributed by atoms with Crippen LogP contribution in [0.2, 0.25) is 0 Å². The average molecular weight is 653 g/mol. The molecule has 0 aromatic rings. The summed E-state index contributed by atoms with van der Waals surface area (Å²) >= 11 is 0. The summed E-state index contributed by atoms with van der Waals surface area (Å²) in [4.78, 5) is 22.5. The Morgan fingerprint density at radius 1 is 0.756 bits per heavy atom. The van der Waals surface area contributed by atoms with E-state index in [0.717, 1.165) is 57.8 Å². The molecule has 8 nitrogen and oxygen atoms in total. The zero-order valence-electron chi connectivity index (χ0n) is 28.3. The van der Waals surface area contributed by atoms with Crippen molar-refractivity contribution in [3.05, 3.63) is 60.8 Å². The van der Waals surface area contributed by atoms with Crippen LogP contribution in [-0.4, -0.2) is 47.8 Å². The third kappa shape index (κ3) is 30.6. The lowest BCUT2D eigenvalue weighted by Crippen LogP contribution is -2.45. The van der Waals surface area contributed by atoms with E-state index < -0.39 is 20.0 Å². The molecule has 0 bridgehead atoms. The molecule has 0 spiro atoms. The van der Waals surface area contributed by atoms with E-state index >= 15 is 0 Å². The Hall–Kier alpha value is -1.80. The van der Waals surface area contributed by atoms with Gasteiger partial charge < -0.3 is 21.1 Å². The summed E-state index contributed by atoms with van der Waals surface area (Å²) in [5.41, 5.74) is 5.34. The van der Waals surface area contributed by atoms with Gasteiger partial charge in [0.05, 0.1) is 25.4 Å². The zero-order chi connectivity index (χ0) is 33.3. The number of hydrogen-bond donors (Lipinski definition) is 4. The molecule has 0 heterocycles. The summed E-state index contributed by atoms with van der Waals surface area (Å²) in [5.74, 6) is -0.238. The molecule has 0 aromatic heterocycles. The lowest BCUT2D eigenvalue weighted by atomic mass is 10.1. The van der Waals surface area contributed by atoms with Gasteiger partial charge in [-0.1, -0.05) is 120 Å². The van der Waals surface area contributed by atoms with Gasteiger partial charge in [0.15, 0.2) is 0 Å². The maximum atomic E-state index is 12.6. The minimum absolute atomic E-state index is 0.0662. The van der Waals surface area contributed by atoms with Crippen LogP contribution in [0.5, 0.6) is 0 Å². The third-order valence-electron chi connectivity index (χ3n) is 7.08. The Bertz CT molecular complexity index is 887. The fraction of sp³-hybridized carbons (Fsp3) is 0.694. The summed E-state index contributed by atoms with van der Waals surface area (Å²) < 4.78 is 21.9. The predicted octanol–water partition coefficient (Wildman–Crippen LogP) is 8.77. The molecule has 1 amide bonds. The summed E-state index contributed by atoms with van der Waals surface area (Å²) in [5, 5.41) is 13.5. The lowest BCUT2D eigenvalue weighted by molar-refractivity contribution is -0.123. The first-order chi connectivity index (χ1) is 21.9. The van der Waals surface area contributed by atoms with E-state index in [2.05, 4.69) is 67.8 Å². The smallest absolute Gasteiger partial charge is 0.387 e. The number of nitrogens with one attached hydrogen (secondary N) is 1. The number of allylic oxidation sites excluding steroid dienone is 9. The molecule has 9 heteroatoms. The highest BCUT2D eigenvalue weighted by molar-refractivity contribution is 7.47. The topological polar surface area (TPSA) is 131 Å². The number of aliphatic hydroxyl groups excluding tert-OH is 1. The molecule has 0 aliphatic heterocycles. The van der Waals surface area contributed by atoms with E-state index in [4.69, 9.17) is 14.8 Å². The van der Waals surface area contributed by atoms with Crippen molar-refractivity contribution in [1.82, 2.24) is 5.32 Å². The van der Waals surface area contributed by atoms with Gasteiger partial charge in [-0.05, 0) is 64.2 Å². The van der Waals surface area contributed by atoms with Crippen molar-refractivity contribution in [2.45, 2.75) is 142 Å². The molecule has 0 fully saturated rings. The van der Waals surface area contributed by atoms with Crippen LogP contribution in [-0.2, 0) is 18.4 Å². The maximum Gasteiger partial charge on any atom is 0.472 e. The van der Waals surface area contributed by atoms with Crippen LogP contribution in [0.25, 0.3) is 0 Å². The molecular formula is C36H65N2O6P. The monoisotopic (exact) mass is 652 g/mol. The summed E-state index contributed by atoms with van der Waals surface area (Å²) in [6, 6.07) is -0.892. The van der Waals surface area contributed by atoms with Crippen LogP contribution < -0.4 is 11.1 Å². The van der Waals surface area contributed by atoms with E-state index in [9.17, 15) is 19.4 Å². The van der Waals surface area contributed by atoms with Gasteiger partial charge in [0.1, 0.15) is 0 Å². The van der Waals surface area contributed by atoms with E-state index in [1.807, 2.05) is 6.08 Å². The first-order valence-electron chi connectivity index (χ1n) is 17.4. The molecule has 5 N–H and O–H groups in total. The highest BCUT2D eigenvalue weighted by atomic mass is 31.2. The van der Waals surface area contributed by atoms with Gasteiger partial charge in [-0.15, -0.1) is 0 Å². The van der Waals surface area contributed by atoms with Gasteiger partial charge in [0.25, 0.3) is 0 Å². The van der Waals surface area contributed by atoms with E-state index in [0.29, 0.717) is 12.8 Å². The van der Waals surface area contributed by atoms with Gasteiger partial charge >= 0.3 is 7.82 Å². The average Bonchev–Trinajstić information content (AvgIpc) is 3.02. The summed E-state index contributed by atoms with van der Waals surface area (Å²) in [7, 11) is -4.35. The van der Waals surface area contributed by atoms with Crippen LogP contribution >= 0.6 is 7.82 Å². The number of aliphatic hydroxyl groups is 1. The number of phosphoric acid groups is 1. The molecule has 45 heavy (non-hydrogen) atoms. The number of amides is 1. The molecular weight excluding hydrogens is 587 g/mol. The Morgan fingerprint density at radius 2 is 1.31 bits per heavy atom. The van der Waals surface area contributed by atoms with Gasteiger partial charge in [0.2, 0.25) is 5.91 Å². The number of unbranched alkanes of at least 4 members (excludes halogenated alkanes) is 11. The number of carbonyl (C=O) groups excluding carboxylic acids is 1. The van der Waals surface area contributed by atoms with E-state index in [-0.39, 0.29) is 25.7 Å². The number of hydrogen-bond acceptors (Lipinski definition) is 6. The normalized spacial score (nSPS) is 15.2. The molecule has 0 aromatic carbocycles. The van der Waals surface area contributed by atoms with Gasteiger partial charge in [0, 0.05) is 13.0 Å². The van der Waals surface area contributed by atoms with Crippen molar-refractivity contribution < 1.29 is 28.4 Å². The Balaban J connectivity index is 4.51. The maximum absolute atomic E-state index is 12.6. The van der Waals surface area contributed by atoms with Crippen molar-refractivity contribution in [2.75, 3.05) is 19.8 Å². The van der Waals surface area contributed by atoms with Crippen molar-refractivity contribution in [2.24, 2.45) is 5.73 Å². The molecule has 0 aliphatic carbocycles. The predicted molar refractivity (Wildman–Crippen MR) is 189 cm³/mol. The Kier molecular flexibility index (Phi) is 30.9. The third-order valence-corrected chi connectivity index (χ3v) is 8.06. The first-order valence-corrected chi connectivity index (χ1v) is 18.9. The number of rotatable bonds is 31. The van der Waals surface area contributed by atoms with Crippen LogP contribution in [0.4, 0.5) is 0 Å². The molecule has 0 radical (unpaired) electrons. The largest absolute Gasteiger partial charge is 0.472 e. The summed E-state index contributed by atoms with van der Waals surface area (Å²) in [6.07, 6.45) is 38.4. The standard InChI is InChI=1S/C36H65N2O6P/c1-3-5-7-9-11-13-15-17-19-21-23-25-27-29-35(39)34(33-44-45(41,42)43-32-31-37)38-36(40)30-28-26-24-22-20-18-16-14-12-10-8-6-4-2/h6,8,12,14,18-21,27,29,34-35,39H,3-5,7,9-11,13,15-17,22-26,28,30-33,37H2,1-2H3,(H,38,40)(H,41,42)/b8-6-,14-12-,20-18-,21-19+,29-27+. The Labute approximate surface area is 274 Å². The van der Waals surface area contributed by atoms with Crippen molar-refractivity contribution in [1.29, 1.82) is 0 Å². The highest BCUT2D eigenvalue weighted by Gasteiger charge is 2.26. The molecule has 0 saturated carbocycles. The fourth-order valence-electron chi connectivity index (χ4n) is 4.45. The Morgan fingerprint density at radius 3 is 1.98 bits per heavy atom. The minimum Gasteiger partial charge on any atom is -0.387 e. The number of nitrogens with two attached hydrogens (primary N) is 1. The van der Waals surface area contributed by atoms with E-state index in [1.165, 1.54) is 44.9 Å². The second-order valence-corrected chi connectivity index (χ2v) is 12.8. The molecule has 3 unspecified atom stereocenters. The minimum atomic E-state index is -4.35. The summed E-state index contributed by atoms with van der Waals surface area (Å²) in [6.45, 7) is 3.92. The number of phosphoric ester groups is 1.